The third-order valence-corrected chi connectivity index (χ3v) is 8.19. The first kappa shape index (κ1) is 17.7. The van der Waals surface area contributed by atoms with E-state index in [2.05, 4.69) is 92.6 Å². The van der Waals surface area contributed by atoms with Gasteiger partial charge < -0.3 is 4.90 Å². The van der Waals surface area contributed by atoms with Gasteiger partial charge in [-0.05, 0) is 69.8 Å². The quantitative estimate of drug-likeness (QED) is 0.309. The van der Waals surface area contributed by atoms with E-state index in [0.717, 1.165) is 18.7 Å². The summed E-state index contributed by atoms with van der Waals surface area (Å²) in [7, 11) is 0. The zero-order chi connectivity index (χ0) is 21.5. The van der Waals surface area contributed by atoms with Crippen molar-refractivity contribution in [3.63, 3.8) is 0 Å². The fourth-order valence-electron chi connectivity index (χ4n) is 6.87. The minimum Gasteiger partial charge on any atom is -0.337 e. The average molecular weight is 427 g/mol. The zero-order valence-corrected chi connectivity index (χ0v) is 18.1. The van der Waals surface area contributed by atoms with E-state index in [0.29, 0.717) is 23.8 Å². The Labute approximate surface area is 191 Å². The molecule has 3 aliphatic rings. The fraction of sp³-hybridized carbons (Fsp3) is 0.207. The van der Waals surface area contributed by atoms with Gasteiger partial charge in [-0.15, -0.1) is 0 Å². The van der Waals surface area contributed by atoms with Gasteiger partial charge in [-0.2, -0.15) is 0 Å². The van der Waals surface area contributed by atoms with Crippen molar-refractivity contribution < 1.29 is 0 Å². The first-order chi connectivity index (χ1) is 16.3. The molecule has 0 radical (unpaired) electrons. The molecular weight excluding hydrogens is 404 g/mol. The standard InChI is InChI=1S/C29H22N4/c1-3-7-19-13-26-22(9-17(19)5-1)24-11-21(29-31-15-30-16-32-29)12-25-23-10-18-6-2-4-8-20(18)14-27(23)33(26)28(24)25/h1-10,13-16,21,24-25,28H,11-12H2. The van der Waals surface area contributed by atoms with Gasteiger partial charge in [0, 0.05) is 35.2 Å². The summed E-state index contributed by atoms with van der Waals surface area (Å²) < 4.78 is 0. The average Bonchev–Trinajstić information content (AvgIpc) is 3.37. The summed E-state index contributed by atoms with van der Waals surface area (Å²) in [5.74, 6) is 2.23. The van der Waals surface area contributed by atoms with Crippen molar-refractivity contribution in [1.82, 2.24) is 15.0 Å². The lowest BCUT2D eigenvalue weighted by atomic mass is 9.69. The van der Waals surface area contributed by atoms with Crippen molar-refractivity contribution >= 4 is 32.9 Å². The number of anilines is 2. The van der Waals surface area contributed by atoms with Crippen molar-refractivity contribution in [3.05, 3.63) is 102 Å². The Morgan fingerprint density at radius 2 is 1.12 bits per heavy atom. The first-order valence-corrected chi connectivity index (χ1v) is 11.8. The van der Waals surface area contributed by atoms with Gasteiger partial charge in [0.1, 0.15) is 18.5 Å². The van der Waals surface area contributed by atoms with Crippen molar-refractivity contribution in [2.75, 3.05) is 4.90 Å². The van der Waals surface area contributed by atoms with Gasteiger partial charge in [0.05, 0.1) is 0 Å². The molecule has 4 aromatic carbocycles. The van der Waals surface area contributed by atoms with E-state index in [9.17, 15) is 0 Å². The molecule has 1 aliphatic carbocycles. The second kappa shape index (κ2) is 6.38. The smallest absolute Gasteiger partial charge is 0.135 e. The molecule has 0 bridgehead atoms. The highest BCUT2D eigenvalue weighted by Crippen LogP contribution is 2.63. The summed E-state index contributed by atoms with van der Waals surface area (Å²) in [5, 5.41) is 5.29. The van der Waals surface area contributed by atoms with Crippen molar-refractivity contribution in [1.29, 1.82) is 0 Å². The fourth-order valence-corrected chi connectivity index (χ4v) is 6.87. The van der Waals surface area contributed by atoms with E-state index in [1.54, 1.807) is 12.7 Å². The molecule has 4 nitrogen and oxygen atoms in total. The third-order valence-electron chi connectivity index (χ3n) is 8.19. The van der Waals surface area contributed by atoms with Gasteiger partial charge in [0.2, 0.25) is 0 Å². The Morgan fingerprint density at radius 3 is 1.64 bits per heavy atom. The van der Waals surface area contributed by atoms with Crippen LogP contribution in [0.25, 0.3) is 21.5 Å². The van der Waals surface area contributed by atoms with E-state index in [-0.39, 0.29) is 0 Å². The van der Waals surface area contributed by atoms with Crippen LogP contribution in [0.5, 0.6) is 0 Å². The lowest BCUT2D eigenvalue weighted by molar-refractivity contribution is 0.324. The molecule has 4 heteroatoms. The Kier molecular flexibility index (Phi) is 3.43. The number of nitrogens with zero attached hydrogens (tertiary/aromatic N) is 4. The third kappa shape index (κ3) is 2.38. The normalized spacial score (nSPS) is 24.7. The van der Waals surface area contributed by atoms with E-state index >= 15 is 0 Å². The minimum absolute atomic E-state index is 0.343. The summed E-state index contributed by atoms with van der Waals surface area (Å²) in [6, 6.07) is 27.7. The molecule has 0 spiro atoms. The van der Waals surface area contributed by atoms with Gasteiger partial charge in [-0.3, -0.25) is 0 Å². The molecule has 2 atom stereocenters. The van der Waals surface area contributed by atoms with Crippen LogP contribution < -0.4 is 4.90 Å². The molecule has 1 aromatic heterocycles. The first-order valence-electron chi connectivity index (χ1n) is 11.8. The number of rotatable bonds is 1. The molecule has 5 aromatic rings. The maximum absolute atomic E-state index is 4.57. The SMILES string of the molecule is c1ccc2cc3c(cc2c1)C1CC(c2ncncn2)CC2c4cc5ccccc5cc4N3C12. The van der Waals surface area contributed by atoms with Crippen LogP contribution in [0.3, 0.4) is 0 Å². The highest BCUT2D eigenvalue weighted by atomic mass is 15.2. The van der Waals surface area contributed by atoms with Crippen LogP contribution >= 0.6 is 0 Å². The Balaban J connectivity index is 1.39. The topological polar surface area (TPSA) is 41.9 Å². The Hall–Kier alpha value is -3.79. The maximum Gasteiger partial charge on any atom is 0.135 e. The molecule has 0 N–H and O–H groups in total. The van der Waals surface area contributed by atoms with Crippen molar-refractivity contribution in [2.24, 2.45) is 0 Å². The summed E-state index contributed by atoms with van der Waals surface area (Å²) in [5.41, 5.74) is 5.75. The molecule has 33 heavy (non-hydrogen) atoms. The molecule has 1 saturated carbocycles. The van der Waals surface area contributed by atoms with Crippen LogP contribution in [0.15, 0.2) is 85.5 Å². The highest BCUT2D eigenvalue weighted by molar-refractivity contribution is 5.95. The summed E-state index contributed by atoms with van der Waals surface area (Å²) >= 11 is 0. The second-order valence-electron chi connectivity index (χ2n) is 9.75. The van der Waals surface area contributed by atoms with Crippen LogP contribution in [0, 0.1) is 0 Å². The largest absolute Gasteiger partial charge is 0.337 e. The van der Waals surface area contributed by atoms with Gasteiger partial charge in [0.15, 0.2) is 0 Å². The number of hydrogen-bond acceptors (Lipinski definition) is 4. The predicted octanol–water partition coefficient (Wildman–Crippen LogP) is 6.46. The Bertz CT molecular complexity index is 1460. The maximum atomic E-state index is 4.57. The molecule has 2 unspecified atom stereocenters. The molecule has 158 valence electrons. The second-order valence-corrected chi connectivity index (χ2v) is 9.75. The minimum atomic E-state index is 0.343. The number of benzene rings is 4. The molecule has 0 saturated heterocycles. The number of fused-ring (bicyclic) bond motifs is 8. The van der Waals surface area contributed by atoms with Gasteiger partial charge in [-0.1, -0.05) is 48.5 Å². The molecular formula is C29H22N4. The predicted molar refractivity (Wildman–Crippen MR) is 131 cm³/mol. The summed E-state index contributed by atoms with van der Waals surface area (Å²) in [6.07, 6.45) is 5.46. The lowest BCUT2D eigenvalue weighted by Crippen LogP contribution is -2.35. The van der Waals surface area contributed by atoms with Crippen LogP contribution in [-0.2, 0) is 0 Å². The van der Waals surface area contributed by atoms with Crippen molar-refractivity contribution in [3.8, 4) is 0 Å². The molecule has 3 heterocycles. The summed E-state index contributed by atoms with van der Waals surface area (Å²) in [4.78, 5) is 15.9. The number of aromatic nitrogens is 3. The molecule has 0 amide bonds. The molecule has 8 rings (SSSR count). The number of hydrogen-bond donors (Lipinski definition) is 0. The van der Waals surface area contributed by atoms with Crippen LogP contribution in [0.4, 0.5) is 11.4 Å². The van der Waals surface area contributed by atoms with Gasteiger partial charge in [0.25, 0.3) is 0 Å². The summed E-state index contributed by atoms with van der Waals surface area (Å²) in [6.45, 7) is 0. The monoisotopic (exact) mass is 426 g/mol. The van der Waals surface area contributed by atoms with E-state index in [1.807, 2.05) is 0 Å². The molecule has 1 fully saturated rings. The van der Waals surface area contributed by atoms with Crippen molar-refractivity contribution in [2.45, 2.75) is 36.6 Å². The van der Waals surface area contributed by atoms with Crippen LogP contribution in [0.2, 0.25) is 0 Å². The molecule has 2 aliphatic heterocycles. The zero-order valence-electron chi connectivity index (χ0n) is 18.1. The van der Waals surface area contributed by atoms with Gasteiger partial charge in [-0.25, -0.2) is 15.0 Å². The van der Waals surface area contributed by atoms with E-state index in [4.69, 9.17) is 0 Å². The van der Waals surface area contributed by atoms with E-state index < -0.39 is 0 Å². The Morgan fingerprint density at radius 1 is 0.636 bits per heavy atom. The van der Waals surface area contributed by atoms with Gasteiger partial charge >= 0.3 is 0 Å². The van der Waals surface area contributed by atoms with Crippen LogP contribution in [-0.4, -0.2) is 21.0 Å². The van der Waals surface area contributed by atoms with E-state index in [1.165, 1.54) is 44.0 Å². The van der Waals surface area contributed by atoms with Crippen LogP contribution in [0.1, 0.15) is 47.5 Å². The highest BCUT2D eigenvalue weighted by Gasteiger charge is 2.53. The lowest BCUT2D eigenvalue weighted by Gasteiger charge is -2.36.